The molecule has 0 unspecified atom stereocenters. The van der Waals surface area contributed by atoms with Gasteiger partial charge in [0.1, 0.15) is 17.2 Å². The molecule has 0 radical (unpaired) electrons. The second-order valence-electron chi connectivity index (χ2n) is 7.52. The molecule has 1 aliphatic rings. The number of methoxy groups -OCH3 is 2. The maximum absolute atomic E-state index is 13.2. The Hall–Kier alpha value is -3.03. The predicted octanol–water partition coefficient (Wildman–Crippen LogP) is 4.36. The molecule has 1 heterocycles. The van der Waals surface area contributed by atoms with Gasteiger partial charge in [0.2, 0.25) is 0 Å². The molecule has 3 rings (SSSR count). The second-order valence-corrected chi connectivity index (χ2v) is 7.93. The second kappa shape index (κ2) is 10.5. The van der Waals surface area contributed by atoms with E-state index in [1.165, 1.54) is 12.0 Å². The molecule has 0 fully saturated rings. The largest absolute Gasteiger partial charge is 0.495 e. The number of hydrogen-bond acceptors (Lipinski definition) is 6. The van der Waals surface area contributed by atoms with E-state index < -0.39 is 5.91 Å². The average Bonchev–Trinajstić information content (AvgIpc) is 2.98. The SMILES string of the molecule is COCCCN1C(=O)C(Nc2ccc(OC)c(Cl)c2)=C(c2ccc(OC(C)C)cc2)C1=O. The first-order chi connectivity index (χ1) is 15.3. The van der Waals surface area contributed by atoms with Crippen LogP contribution in [0.3, 0.4) is 0 Å². The van der Waals surface area contributed by atoms with Crippen LogP contribution >= 0.6 is 11.6 Å². The number of amides is 2. The predicted molar refractivity (Wildman–Crippen MR) is 124 cm³/mol. The van der Waals surface area contributed by atoms with Gasteiger partial charge in [0.15, 0.2) is 0 Å². The number of nitrogens with zero attached hydrogens (tertiary/aromatic N) is 1. The highest BCUT2D eigenvalue weighted by Crippen LogP contribution is 2.33. The zero-order valence-electron chi connectivity index (χ0n) is 18.6. The van der Waals surface area contributed by atoms with E-state index in [2.05, 4.69) is 5.32 Å². The maximum atomic E-state index is 13.2. The summed E-state index contributed by atoms with van der Waals surface area (Å²) in [6.07, 6.45) is 0.576. The summed E-state index contributed by atoms with van der Waals surface area (Å²) in [4.78, 5) is 27.6. The van der Waals surface area contributed by atoms with Crippen molar-refractivity contribution in [2.24, 2.45) is 0 Å². The third kappa shape index (κ3) is 5.23. The lowest BCUT2D eigenvalue weighted by molar-refractivity contribution is -0.136. The van der Waals surface area contributed by atoms with Crippen LogP contribution in [0, 0.1) is 0 Å². The molecule has 0 aromatic heterocycles. The first kappa shape index (κ1) is 23.6. The van der Waals surface area contributed by atoms with Crippen LogP contribution in [0.4, 0.5) is 5.69 Å². The molecule has 32 heavy (non-hydrogen) atoms. The van der Waals surface area contributed by atoms with Crippen molar-refractivity contribution in [1.29, 1.82) is 0 Å². The van der Waals surface area contributed by atoms with E-state index in [1.807, 2.05) is 13.8 Å². The summed E-state index contributed by atoms with van der Waals surface area (Å²) in [6.45, 7) is 4.59. The zero-order valence-corrected chi connectivity index (χ0v) is 19.4. The van der Waals surface area contributed by atoms with E-state index in [-0.39, 0.29) is 24.3 Å². The third-order valence-electron chi connectivity index (χ3n) is 4.83. The third-order valence-corrected chi connectivity index (χ3v) is 5.13. The van der Waals surface area contributed by atoms with Gasteiger partial charge in [-0.3, -0.25) is 14.5 Å². The highest BCUT2D eigenvalue weighted by molar-refractivity contribution is 6.36. The minimum atomic E-state index is -0.393. The number of imide groups is 1. The summed E-state index contributed by atoms with van der Waals surface area (Å²) in [5.74, 6) is 0.456. The Morgan fingerprint density at radius 2 is 1.75 bits per heavy atom. The minimum Gasteiger partial charge on any atom is -0.495 e. The lowest BCUT2D eigenvalue weighted by atomic mass is 10.0. The number of anilines is 1. The van der Waals surface area contributed by atoms with Crippen LogP contribution in [-0.4, -0.2) is 50.2 Å². The van der Waals surface area contributed by atoms with Crippen molar-refractivity contribution < 1.29 is 23.8 Å². The van der Waals surface area contributed by atoms with E-state index >= 15 is 0 Å². The van der Waals surface area contributed by atoms with E-state index in [1.54, 1.807) is 49.6 Å². The summed E-state index contributed by atoms with van der Waals surface area (Å²) >= 11 is 6.23. The molecule has 2 aromatic carbocycles. The van der Waals surface area contributed by atoms with Gasteiger partial charge in [0.05, 0.1) is 23.8 Å². The summed E-state index contributed by atoms with van der Waals surface area (Å²) in [6, 6.07) is 12.2. The quantitative estimate of drug-likeness (QED) is 0.421. The van der Waals surface area contributed by atoms with Gasteiger partial charge >= 0.3 is 0 Å². The van der Waals surface area contributed by atoms with E-state index in [0.29, 0.717) is 46.4 Å². The van der Waals surface area contributed by atoms with Gasteiger partial charge in [-0.15, -0.1) is 0 Å². The van der Waals surface area contributed by atoms with Crippen LogP contribution in [0.2, 0.25) is 5.02 Å². The maximum Gasteiger partial charge on any atom is 0.278 e. The molecule has 0 bridgehead atoms. The molecule has 0 saturated carbocycles. The van der Waals surface area contributed by atoms with Gasteiger partial charge in [0, 0.05) is 25.9 Å². The molecule has 0 atom stereocenters. The Labute approximate surface area is 192 Å². The molecule has 2 aromatic rings. The number of carbonyl (C=O) groups is 2. The summed E-state index contributed by atoms with van der Waals surface area (Å²) in [5, 5.41) is 3.49. The van der Waals surface area contributed by atoms with Crippen LogP contribution in [0.25, 0.3) is 5.57 Å². The smallest absolute Gasteiger partial charge is 0.278 e. The molecule has 7 nitrogen and oxygen atoms in total. The summed E-state index contributed by atoms with van der Waals surface area (Å²) < 4.78 is 15.9. The van der Waals surface area contributed by atoms with Gasteiger partial charge in [-0.25, -0.2) is 0 Å². The minimum absolute atomic E-state index is 0.0306. The Morgan fingerprint density at radius 1 is 1.03 bits per heavy atom. The van der Waals surface area contributed by atoms with Crippen molar-refractivity contribution in [3.05, 3.63) is 58.7 Å². The Bertz CT molecular complexity index is 1020. The number of benzene rings is 2. The number of ether oxygens (including phenoxy) is 3. The molecule has 1 aliphatic heterocycles. The van der Waals surface area contributed by atoms with Crippen LogP contribution in [0.15, 0.2) is 48.2 Å². The van der Waals surface area contributed by atoms with Gasteiger partial charge in [-0.05, 0) is 56.2 Å². The van der Waals surface area contributed by atoms with Crippen LogP contribution in [0.1, 0.15) is 25.8 Å². The van der Waals surface area contributed by atoms with Crippen LogP contribution in [-0.2, 0) is 14.3 Å². The number of carbonyl (C=O) groups excluding carboxylic acids is 2. The number of rotatable bonds is 10. The molecular weight excluding hydrogens is 432 g/mol. The Kier molecular flexibility index (Phi) is 7.77. The molecular formula is C24H27ClN2O5. The molecule has 1 N–H and O–H groups in total. The lowest BCUT2D eigenvalue weighted by Crippen LogP contribution is -2.33. The fourth-order valence-electron chi connectivity index (χ4n) is 3.39. The zero-order chi connectivity index (χ0) is 23.3. The monoisotopic (exact) mass is 458 g/mol. The highest BCUT2D eigenvalue weighted by atomic mass is 35.5. The lowest BCUT2D eigenvalue weighted by Gasteiger charge is -2.15. The molecule has 2 amide bonds. The molecule has 170 valence electrons. The highest BCUT2D eigenvalue weighted by Gasteiger charge is 2.38. The fourth-order valence-corrected chi connectivity index (χ4v) is 3.65. The van der Waals surface area contributed by atoms with Crippen molar-refractivity contribution in [1.82, 2.24) is 4.90 Å². The number of halogens is 1. The van der Waals surface area contributed by atoms with Crippen LogP contribution in [0.5, 0.6) is 11.5 Å². The fraction of sp³-hybridized carbons (Fsp3) is 0.333. The van der Waals surface area contributed by atoms with Gasteiger partial charge in [-0.1, -0.05) is 23.7 Å². The Morgan fingerprint density at radius 3 is 2.34 bits per heavy atom. The topological polar surface area (TPSA) is 77.1 Å². The standard InChI is InChI=1S/C24H27ClN2O5/c1-15(2)32-18-9-6-16(7-10-18)21-22(24(29)27(23(21)28)12-5-13-30-3)26-17-8-11-20(31-4)19(25)14-17/h6-11,14-15,26H,5,12-13H2,1-4H3. The number of nitrogens with one attached hydrogen (secondary N) is 1. The molecule has 0 saturated heterocycles. The van der Waals surface area contributed by atoms with Crippen molar-refractivity contribution in [3.63, 3.8) is 0 Å². The molecule has 8 heteroatoms. The van der Waals surface area contributed by atoms with E-state index in [4.69, 9.17) is 25.8 Å². The van der Waals surface area contributed by atoms with Crippen molar-refractivity contribution >= 4 is 34.7 Å². The first-order valence-corrected chi connectivity index (χ1v) is 10.7. The molecule has 0 spiro atoms. The van der Waals surface area contributed by atoms with E-state index in [0.717, 1.165) is 0 Å². The van der Waals surface area contributed by atoms with Gasteiger partial charge in [0.25, 0.3) is 11.8 Å². The number of hydrogen-bond donors (Lipinski definition) is 1. The van der Waals surface area contributed by atoms with Crippen molar-refractivity contribution in [2.75, 3.05) is 32.7 Å². The van der Waals surface area contributed by atoms with Crippen molar-refractivity contribution in [2.45, 2.75) is 26.4 Å². The van der Waals surface area contributed by atoms with Crippen LogP contribution < -0.4 is 14.8 Å². The summed E-state index contributed by atoms with van der Waals surface area (Å²) in [7, 11) is 3.11. The summed E-state index contributed by atoms with van der Waals surface area (Å²) in [5.41, 5.74) is 1.69. The molecule has 0 aliphatic carbocycles. The van der Waals surface area contributed by atoms with Gasteiger partial charge in [-0.2, -0.15) is 0 Å². The average molecular weight is 459 g/mol. The van der Waals surface area contributed by atoms with E-state index in [9.17, 15) is 9.59 Å². The van der Waals surface area contributed by atoms with Crippen molar-refractivity contribution in [3.8, 4) is 11.5 Å². The van der Waals surface area contributed by atoms with Gasteiger partial charge < -0.3 is 19.5 Å². The first-order valence-electron chi connectivity index (χ1n) is 10.3. The normalized spacial score (nSPS) is 13.9. The Balaban J connectivity index is 1.97.